The number of carbonyl (C=O) groups excluding carboxylic acids is 1. The number of benzene rings is 2. The van der Waals surface area contributed by atoms with Crippen molar-refractivity contribution < 1.29 is 9.53 Å². The highest BCUT2D eigenvalue weighted by molar-refractivity contribution is 6.33. The first-order chi connectivity index (χ1) is 13.0. The van der Waals surface area contributed by atoms with E-state index < -0.39 is 0 Å². The van der Waals surface area contributed by atoms with Gasteiger partial charge in [0.25, 0.3) is 11.5 Å². The Bertz CT molecular complexity index is 1030. The highest BCUT2D eigenvalue weighted by atomic mass is 35.5. The third-order valence-electron chi connectivity index (χ3n) is 4.38. The van der Waals surface area contributed by atoms with Crippen molar-refractivity contribution >= 4 is 28.4 Å². The summed E-state index contributed by atoms with van der Waals surface area (Å²) in [5, 5.41) is 1.29. The number of hydrogen-bond donors (Lipinski definition) is 1. The normalized spacial score (nSPS) is 10.8. The number of aromatic amines is 1. The van der Waals surface area contributed by atoms with Gasteiger partial charge in [-0.2, -0.15) is 0 Å². The molecular formula is C21H21ClN2O3. The fourth-order valence-corrected chi connectivity index (χ4v) is 3.22. The zero-order valence-corrected chi connectivity index (χ0v) is 16.0. The van der Waals surface area contributed by atoms with Crippen LogP contribution in [0.2, 0.25) is 5.02 Å². The second-order valence-electron chi connectivity index (χ2n) is 6.28. The monoisotopic (exact) mass is 384 g/mol. The largest absolute Gasteiger partial charge is 0.497 e. The second-order valence-corrected chi connectivity index (χ2v) is 6.69. The van der Waals surface area contributed by atoms with E-state index in [9.17, 15) is 9.59 Å². The van der Waals surface area contributed by atoms with E-state index in [2.05, 4.69) is 4.98 Å². The molecule has 1 N–H and O–H groups in total. The van der Waals surface area contributed by atoms with E-state index in [1.54, 1.807) is 42.3 Å². The molecule has 2 aromatic carbocycles. The van der Waals surface area contributed by atoms with Crippen LogP contribution in [-0.2, 0) is 6.54 Å². The maximum absolute atomic E-state index is 12.9. The molecule has 0 aliphatic carbocycles. The predicted octanol–water partition coefficient (Wildman–Crippen LogP) is 4.24. The van der Waals surface area contributed by atoms with Crippen LogP contribution in [0.1, 0.15) is 29.3 Å². The lowest BCUT2D eigenvalue weighted by Gasteiger charge is -2.22. The fraction of sp³-hybridized carbons (Fsp3) is 0.238. The van der Waals surface area contributed by atoms with Crippen molar-refractivity contribution in [2.75, 3.05) is 13.7 Å². The van der Waals surface area contributed by atoms with E-state index in [0.29, 0.717) is 34.0 Å². The van der Waals surface area contributed by atoms with Gasteiger partial charge in [-0.1, -0.05) is 30.7 Å². The number of nitrogens with one attached hydrogen (secondary N) is 1. The summed E-state index contributed by atoms with van der Waals surface area (Å²) in [6.07, 6.45) is 0.777. The number of methoxy groups -OCH3 is 1. The Labute approximate surface area is 162 Å². The number of hydrogen-bond acceptors (Lipinski definition) is 3. The van der Waals surface area contributed by atoms with Gasteiger partial charge >= 0.3 is 0 Å². The SMILES string of the molecule is CCCN(Cc1cc2ccc(OC)cc2[nH]c1=O)C(=O)c1ccccc1Cl. The Hall–Kier alpha value is -2.79. The second kappa shape index (κ2) is 8.27. The quantitative estimate of drug-likeness (QED) is 0.691. The van der Waals surface area contributed by atoms with Crippen molar-refractivity contribution in [3.8, 4) is 5.75 Å². The van der Waals surface area contributed by atoms with Crippen LogP contribution in [0.25, 0.3) is 10.9 Å². The molecule has 0 fully saturated rings. The molecule has 0 bridgehead atoms. The van der Waals surface area contributed by atoms with Crippen molar-refractivity contribution in [2.45, 2.75) is 19.9 Å². The molecule has 6 heteroatoms. The maximum Gasteiger partial charge on any atom is 0.255 e. The van der Waals surface area contributed by atoms with E-state index in [1.165, 1.54) is 0 Å². The number of amides is 1. The van der Waals surface area contributed by atoms with Crippen LogP contribution in [0, 0.1) is 0 Å². The first kappa shape index (κ1) is 19.0. The molecule has 0 aliphatic rings. The van der Waals surface area contributed by atoms with E-state index in [0.717, 1.165) is 11.8 Å². The van der Waals surface area contributed by atoms with Gasteiger partial charge in [0, 0.05) is 18.2 Å². The van der Waals surface area contributed by atoms with Gasteiger partial charge in [-0.25, -0.2) is 0 Å². The van der Waals surface area contributed by atoms with Crippen LogP contribution in [0.4, 0.5) is 0 Å². The molecule has 140 valence electrons. The van der Waals surface area contributed by atoms with Crippen molar-refractivity contribution in [1.29, 1.82) is 0 Å². The van der Waals surface area contributed by atoms with Crippen LogP contribution in [0.5, 0.6) is 5.75 Å². The summed E-state index contributed by atoms with van der Waals surface area (Å²) in [6, 6.07) is 14.3. The average Bonchev–Trinajstić information content (AvgIpc) is 2.67. The molecule has 3 aromatic rings. The number of rotatable bonds is 6. The molecule has 27 heavy (non-hydrogen) atoms. The lowest BCUT2D eigenvalue weighted by Crippen LogP contribution is -2.33. The molecule has 1 aromatic heterocycles. The molecule has 3 rings (SSSR count). The molecule has 1 amide bonds. The lowest BCUT2D eigenvalue weighted by atomic mass is 10.1. The lowest BCUT2D eigenvalue weighted by molar-refractivity contribution is 0.0743. The Balaban J connectivity index is 1.94. The summed E-state index contributed by atoms with van der Waals surface area (Å²) in [7, 11) is 1.58. The summed E-state index contributed by atoms with van der Waals surface area (Å²) < 4.78 is 5.19. The summed E-state index contributed by atoms with van der Waals surface area (Å²) in [5.74, 6) is 0.490. The minimum Gasteiger partial charge on any atom is -0.497 e. The standard InChI is InChI=1S/C21H21ClN2O3/c1-3-10-24(21(26)17-6-4-5-7-18(17)22)13-15-11-14-8-9-16(27-2)12-19(14)23-20(15)25/h4-9,11-12H,3,10,13H2,1-2H3,(H,23,25). The first-order valence-electron chi connectivity index (χ1n) is 8.77. The number of aromatic nitrogens is 1. The number of carbonyl (C=O) groups is 1. The third-order valence-corrected chi connectivity index (χ3v) is 4.71. The van der Waals surface area contributed by atoms with Gasteiger partial charge in [0.05, 0.1) is 29.8 Å². The molecule has 1 heterocycles. The molecule has 0 aliphatic heterocycles. The van der Waals surface area contributed by atoms with E-state index in [-0.39, 0.29) is 18.0 Å². The number of ether oxygens (including phenoxy) is 1. The van der Waals surface area contributed by atoms with Gasteiger partial charge in [0.2, 0.25) is 0 Å². The summed E-state index contributed by atoms with van der Waals surface area (Å²) in [4.78, 5) is 30.0. The molecule has 0 atom stereocenters. The molecule has 5 nitrogen and oxygen atoms in total. The van der Waals surface area contributed by atoms with Gasteiger partial charge in [-0.3, -0.25) is 9.59 Å². The maximum atomic E-state index is 12.9. The van der Waals surface area contributed by atoms with Crippen molar-refractivity contribution in [2.24, 2.45) is 0 Å². The highest BCUT2D eigenvalue weighted by Gasteiger charge is 2.19. The van der Waals surface area contributed by atoms with Crippen molar-refractivity contribution in [3.63, 3.8) is 0 Å². The summed E-state index contributed by atoms with van der Waals surface area (Å²) >= 11 is 6.18. The zero-order chi connectivity index (χ0) is 19.4. The van der Waals surface area contributed by atoms with Crippen LogP contribution < -0.4 is 10.3 Å². The van der Waals surface area contributed by atoms with Crippen LogP contribution in [-0.4, -0.2) is 29.4 Å². The van der Waals surface area contributed by atoms with Crippen LogP contribution in [0.15, 0.2) is 53.3 Å². The van der Waals surface area contributed by atoms with Gasteiger partial charge in [-0.05, 0) is 42.1 Å². The molecule has 0 radical (unpaired) electrons. The van der Waals surface area contributed by atoms with E-state index >= 15 is 0 Å². The average molecular weight is 385 g/mol. The molecule has 0 unspecified atom stereocenters. The summed E-state index contributed by atoms with van der Waals surface area (Å²) in [6.45, 7) is 2.74. The number of nitrogens with zero attached hydrogens (tertiary/aromatic N) is 1. The van der Waals surface area contributed by atoms with Gasteiger partial charge in [0.15, 0.2) is 0 Å². The Kier molecular flexibility index (Phi) is 5.81. The molecule has 0 saturated heterocycles. The number of H-pyrrole nitrogens is 1. The van der Waals surface area contributed by atoms with Crippen LogP contribution >= 0.6 is 11.6 Å². The van der Waals surface area contributed by atoms with Gasteiger partial charge in [0.1, 0.15) is 5.75 Å². The zero-order valence-electron chi connectivity index (χ0n) is 15.3. The Morgan fingerprint density at radius 1 is 1.19 bits per heavy atom. The van der Waals surface area contributed by atoms with Gasteiger partial charge in [-0.15, -0.1) is 0 Å². The third kappa shape index (κ3) is 4.14. The van der Waals surface area contributed by atoms with E-state index in [4.69, 9.17) is 16.3 Å². The van der Waals surface area contributed by atoms with Crippen molar-refractivity contribution in [1.82, 2.24) is 9.88 Å². The summed E-state index contributed by atoms with van der Waals surface area (Å²) in [5.41, 5.74) is 1.45. The van der Waals surface area contributed by atoms with Gasteiger partial charge < -0.3 is 14.6 Å². The predicted molar refractivity (Wildman–Crippen MR) is 108 cm³/mol. The smallest absolute Gasteiger partial charge is 0.255 e. The Morgan fingerprint density at radius 3 is 2.67 bits per heavy atom. The minimum atomic E-state index is -0.219. The highest BCUT2D eigenvalue weighted by Crippen LogP contribution is 2.21. The number of halogens is 1. The Morgan fingerprint density at radius 2 is 1.96 bits per heavy atom. The topological polar surface area (TPSA) is 62.4 Å². The fourth-order valence-electron chi connectivity index (χ4n) is 3.00. The number of fused-ring (bicyclic) bond motifs is 1. The number of pyridine rings is 1. The minimum absolute atomic E-state index is 0.184. The molecule has 0 saturated carbocycles. The molecular weight excluding hydrogens is 364 g/mol. The van der Waals surface area contributed by atoms with E-state index in [1.807, 2.05) is 25.1 Å². The van der Waals surface area contributed by atoms with Crippen molar-refractivity contribution in [3.05, 3.63) is 75.0 Å². The van der Waals surface area contributed by atoms with Crippen LogP contribution in [0.3, 0.4) is 0 Å². The molecule has 0 spiro atoms. The first-order valence-corrected chi connectivity index (χ1v) is 9.15.